The Hall–Kier alpha value is -1.47. The number of amides is 2. The third-order valence-electron chi connectivity index (χ3n) is 7.41. The molecule has 222 valence electrons. The maximum atomic E-state index is 12.3. The van der Waals surface area contributed by atoms with E-state index < -0.39 is 0 Å². The zero-order chi connectivity index (χ0) is 27.7. The third-order valence-corrected chi connectivity index (χ3v) is 7.41. The molecule has 0 aromatic carbocycles. The molecule has 1 aliphatic carbocycles. The maximum Gasteiger partial charge on any atom is 0.222 e. The molecule has 7 heteroatoms. The fourth-order valence-electron chi connectivity index (χ4n) is 4.99. The molecule has 2 N–H and O–H groups in total. The number of ether oxygens (including phenoxy) is 2. The molecule has 2 amide bonds. The number of unbranched alkanes of at least 4 members (excludes halogenated alkanes) is 12. The number of carbonyl (C=O) groups is 3. The lowest BCUT2D eigenvalue weighted by Gasteiger charge is -2.29. The highest BCUT2D eigenvalue weighted by Crippen LogP contribution is 2.19. The summed E-state index contributed by atoms with van der Waals surface area (Å²) in [6.07, 6.45) is 22.2. The monoisotopic (exact) mass is 538 g/mol. The van der Waals surface area contributed by atoms with E-state index in [1.807, 2.05) is 0 Å². The number of carbonyl (C=O) groups excluding carboxylic acids is 3. The van der Waals surface area contributed by atoms with Crippen molar-refractivity contribution in [3.8, 4) is 0 Å². The van der Waals surface area contributed by atoms with Gasteiger partial charge in [-0.15, -0.1) is 0 Å². The van der Waals surface area contributed by atoms with Crippen LogP contribution in [0.5, 0.6) is 0 Å². The standard InChI is InChI=1S/C31H58N2O5/c1-3-4-5-6-7-8-9-10-11-12-13-14-15-16-30(35)32-28-17-19-29(20-18-28)33-31(36)22-24-38-26-25-37-23-21-27(2)34/h28-29H,3-26H2,1-2H3,(H,32,35)(H,33,36)/t28-,29+. The van der Waals surface area contributed by atoms with Crippen molar-refractivity contribution in [1.29, 1.82) is 0 Å². The fraction of sp³-hybridized carbons (Fsp3) is 0.903. The molecule has 1 saturated carbocycles. The first kappa shape index (κ1) is 34.6. The van der Waals surface area contributed by atoms with Gasteiger partial charge in [-0.3, -0.25) is 14.4 Å². The Balaban J connectivity index is 1.90. The normalized spacial score (nSPS) is 17.3. The predicted octanol–water partition coefficient (Wildman–Crippen LogP) is 6.41. The van der Waals surface area contributed by atoms with E-state index >= 15 is 0 Å². The lowest BCUT2D eigenvalue weighted by atomic mass is 9.91. The van der Waals surface area contributed by atoms with Crippen molar-refractivity contribution in [2.45, 2.75) is 154 Å². The molecular formula is C31H58N2O5. The molecule has 0 aromatic rings. The predicted molar refractivity (Wildman–Crippen MR) is 154 cm³/mol. The second-order valence-electron chi connectivity index (χ2n) is 11.1. The zero-order valence-corrected chi connectivity index (χ0v) is 24.7. The Morgan fingerprint density at radius 1 is 0.553 bits per heavy atom. The molecule has 1 rings (SSSR count). The van der Waals surface area contributed by atoms with Gasteiger partial charge in [-0.2, -0.15) is 0 Å². The van der Waals surface area contributed by atoms with Gasteiger partial charge in [-0.05, 0) is 39.0 Å². The molecule has 0 unspecified atom stereocenters. The topological polar surface area (TPSA) is 93.7 Å². The van der Waals surface area contributed by atoms with Crippen LogP contribution in [0.15, 0.2) is 0 Å². The quantitative estimate of drug-likeness (QED) is 0.131. The number of nitrogens with one attached hydrogen (secondary N) is 2. The maximum absolute atomic E-state index is 12.3. The van der Waals surface area contributed by atoms with Crippen molar-refractivity contribution in [1.82, 2.24) is 10.6 Å². The van der Waals surface area contributed by atoms with Crippen molar-refractivity contribution in [2.75, 3.05) is 26.4 Å². The van der Waals surface area contributed by atoms with Crippen molar-refractivity contribution in [2.24, 2.45) is 0 Å². The lowest BCUT2D eigenvalue weighted by molar-refractivity contribution is -0.124. The number of rotatable bonds is 25. The lowest BCUT2D eigenvalue weighted by Crippen LogP contribution is -2.43. The molecule has 0 saturated heterocycles. The van der Waals surface area contributed by atoms with Crippen LogP contribution in [0.3, 0.4) is 0 Å². The Kier molecular flexibility index (Phi) is 22.3. The summed E-state index contributed by atoms with van der Waals surface area (Å²) in [4.78, 5) is 35.3. The van der Waals surface area contributed by atoms with Gasteiger partial charge in [-0.1, -0.05) is 84.0 Å². The van der Waals surface area contributed by atoms with E-state index in [9.17, 15) is 14.4 Å². The number of ketones is 1. The summed E-state index contributed by atoms with van der Waals surface area (Å²) in [5, 5.41) is 6.30. The highest BCUT2D eigenvalue weighted by molar-refractivity contribution is 5.77. The van der Waals surface area contributed by atoms with E-state index in [4.69, 9.17) is 9.47 Å². The van der Waals surface area contributed by atoms with Gasteiger partial charge in [0, 0.05) is 31.3 Å². The summed E-state index contributed by atoms with van der Waals surface area (Å²) in [5.41, 5.74) is 0. The van der Waals surface area contributed by atoms with E-state index in [2.05, 4.69) is 17.6 Å². The van der Waals surface area contributed by atoms with Crippen LogP contribution in [-0.2, 0) is 23.9 Å². The summed E-state index contributed by atoms with van der Waals surface area (Å²) in [7, 11) is 0. The molecule has 0 aliphatic heterocycles. The van der Waals surface area contributed by atoms with E-state index in [-0.39, 0.29) is 29.7 Å². The van der Waals surface area contributed by atoms with Gasteiger partial charge in [0.2, 0.25) is 11.8 Å². The minimum atomic E-state index is 0.0115. The summed E-state index contributed by atoms with van der Waals surface area (Å²) in [5.74, 6) is 0.310. The van der Waals surface area contributed by atoms with E-state index in [0.29, 0.717) is 45.7 Å². The highest BCUT2D eigenvalue weighted by Gasteiger charge is 2.23. The van der Waals surface area contributed by atoms with Crippen LogP contribution in [0.2, 0.25) is 0 Å². The summed E-state index contributed by atoms with van der Waals surface area (Å²) in [6, 6.07) is 0.426. The van der Waals surface area contributed by atoms with Crippen LogP contribution in [0.4, 0.5) is 0 Å². The van der Waals surface area contributed by atoms with Crippen molar-refractivity contribution < 1.29 is 23.9 Å². The molecule has 7 nitrogen and oxygen atoms in total. The minimum absolute atomic E-state index is 0.0115. The van der Waals surface area contributed by atoms with Crippen LogP contribution in [0, 0.1) is 0 Å². The first-order valence-electron chi connectivity index (χ1n) is 15.7. The Labute approximate surface area is 232 Å². The Bertz CT molecular complexity index is 605. The second-order valence-corrected chi connectivity index (χ2v) is 11.1. The van der Waals surface area contributed by atoms with Crippen LogP contribution in [0.1, 0.15) is 142 Å². The fourth-order valence-corrected chi connectivity index (χ4v) is 4.99. The minimum Gasteiger partial charge on any atom is -0.379 e. The first-order valence-corrected chi connectivity index (χ1v) is 15.7. The van der Waals surface area contributed by atoms with Crippen LogP contribution in [-0.4, -0.2) is 56.1 Å². The van der Waals surface area contributed by atoms with Crippen LogP contribution in [0.25, 0.3) is 0 Å². The molecule has 38 heavy (non-hydrogen) atoms. The second kappa shape index (κ2) is 24.6. The first-order chi connectivity index (χ1) is 18.5. The molecule has 1 aliphatic rings. The molecule has 0 radical (unpaired) electrons. The van der Waals surface area contributed by atoms with Crippen molar-refractivity contribution >= 4 is 17.6 Å². The smallest absolute Gasteiger partial charge is 0.222 e. The number of hydrogen-bond donors (Lipinski definition) is 2. The molecule has 0 bridgehead atoms. The molecule has 0 spiro atoms. The highest BCUT2D eigenvalue weighted by atomic mass is 16.5. The molecular weight excluding hydrogens is 480 g/mol. The summed E-state index contributed by atoms with van der Waals surface area (Å²) < 4.78 is 10.7. The van der Waals surface area contributed by atoms with Gasteiger partial charge >= 0.3 is 0 Å². The van der Waals surface area contributed by atoms with Gasteiger partial charge in [-0.25, -0.2) is 0 Å². The van der Waals surface area contributed by atoms with E-state index in [0.717, 1.165) is 38.5 Å². The molecule has 0 atom stereocenters. The van der Waals surface area contributed by atoms with Crippen molar-refractivity contribution in [3.05, 3.63) is 0 Å². The molecule has 0 heterocycles. The average molecular weight is 539 g/mol. The van der Waals surface area contributed by atoms with Gasteiger partial charge in [0.25, 0.3) is 0 Å². The number of hydrogen-bond acceptors (Lipinski definition) is 5. The molecule has 1 fully saturated rings. The van der Waals surface area contributed by atoms with Crippen LogP contribution >= 0.6 is 0 Å². The number of Topliss-reactive ketones (excluding diaryl/α,β-unsaturated/α-hetero) is 1. The summed E-state index contributed by atoms with van der Waals surface area (Å²) in [6.45, 7) is 5.46. The van der Waals surface area contributed by atoms with E-state index in [1.54, 1.807) is 6.92 Å². The third kappa shape index (κ3) is 21.5. The SMILES string of the molecule is CCCCCCCCCCCCCCCC(=O)N[C@H]1CC[C@@H](NC(=O)CCOCCOCCC(C)=O)CC1. The van der Waals surface area contributed by atoms with Crippen molar-refractivity contribution in [3.63, 3.8) is 0 Å². The van der Waals surface area contributed by atoms with Gasteiger partial charge in [0.1, 0.15) is 5.78 Å². The van der Waals surface area contributed by atoms with Gasteiger partial charge in [0.05, 0.1) is 26.4 Å². The molecule has 0 aromatic heterocycles. The Morgan fingerprint density at radius 3 is 1.39 bits per heavy atom. The van der Waals surface area contributed by atoms with Gasteiger partial charge in [0.15, 0.2) is 0 Å². The zero-order valence-electron chi connectivity index (χ0n) is 24.7. The average Bonchev–Trinajstić information content (AvgIpc) is 2.89. The van der Waals surface area contributed by atoms with Gasteiger partial charge < -0.3 is 20.1 Å². The van der Waals surface area contributed by atoms with Crippen LogP contribution < -0.4 is 10.6 Å². The largest absolute Gasteiger partial charge is 0.379 e. The van der Waals surface area contributed by atoms with E-state index in [1.165, 1.54) is 70.6 Å². The Morgan fingerprint density at radius 2 is 0.947 bits per heavy atom. The summed E-state index contributed by atoms with van der Waals surface area (Å²) >= 11 is 0.